The van der Waals surface area contributed by atoms with Crippen LogP contribution in [0.25, 0.3) is 0 Å². The molecule has 0 saturated carbocycles. The third-order valence-electron chi connectivity index (χ3n) is 5.39. The van der Waals surface area contributed by atoms with Crippen molar-refractivity contribution in [3.8, 4) is 0 Å². The van der Waals surface area contributed by atoms with Crippen molar-refractivity contribution in [3.63, 3.8) is 0 Å². The van der Waals surface area contributed by atoms with E-state index in [1.54, 1.807) is 0 Å². The van der Waals surface area contributed by atoms with Crippen molar-refractivity contribution >= 4 is 0 Å². The molecule has 19 heavy (non-hydrogen) atoms. The van der Waals surface area contributed by atoms with Gasteiger partial charge in [0.05, 0.1) is 0 Å². The molecule has 0 spiro atoms. The first-order valence-electron chi connectivity index (χ1n) is 8.44. The van der Waals surface area contributed by atoms with Gasteiger partial charge >= 0.3 is 0 Å². The number of rotatable bonds is 4. The molecule has 0 aromatic rings. The van der Waals surface area contributed by atoms with E-state index in [0.717, 1.165) is 41.4 Å². The topological polar surface area (TPSA) is 12.0 Å². The molecule has 0 aromatic carbocycles. The Kier molecular flexibility index (Phi) is 5.92. The fourth-order valence-corrected chi connectivity index (χ4v) is 4.66. The number of piperidine rings is 1. The van der Waals surface area contributed by atoms with E-state index in [-0.39, 0.29) is 0 Å². The van der Waals surface area contributed by atoms with Gasteiger partial charge in [0, 0.05) is 12.1 Å². The van der Waals surface area contributed by atoms with Crippen LogP contribution in [0.1, 0.15) is 62.3 Å². The Labute approximate surface area is 121 Å². The molecular formula is C18H37N. The number of nitrogens with one attached hydrogen (secondary N) is 1. The van der Waals surface area contributed by atoms with Crippen molar-refractivity contribution in [1.82, 2.24) is 5.32 Å². The van der Waals surface area contributed by atoms with Crippen LogP contribution >= 0.6 is 0 Å². The van der Waals surface area contributed by atoms with Crippen molar-refractivity contribution in [2.24, 2.45) is 41.4 Å². The predicted octanol–water partition coefficient (Wildman–Crippen LogP) is 4.82. The third-order valence-corrected chi connectivity index (χ3v) is 5.39. The van der Waals surface area contributed by atoms with Crippen LogP contribution in [-0.2, 0) is 0 Å². The highest BCUT2D eigenvalue weighted by atomic mass is 15.0. The van der Waals surface area contributed by atoms with Gasteiger partial charge in [-0.05, 0) is 41.4 Å². The van der Waals surface area contributed by atoms with Crippen molar-refractivity contribution in [3.05, 3.63) is 0 Å². The highest BCUT2D eigenvalue weighted by Gasteiger charge is 2.45. The van der Waals surface area contributed by atoms with Crippen LogP contribution in [0.2, 0.25) is 0 Å². The Balaban J connectivity index is 3.11. The molecule has 0 amide bonds. The quantitative estimate of drug-likeness (QED) is 0.770. The summed E-state index contributed by atoms with van der Waals surface area (Å²) < 4.78 is 0. The second kappa shape index (κ2) is 6.61. The lowest BCUT2D eigenvalue weighted by Crippen LogP contribution is -2.61. The van der Waals surface area contributed by atoms with E-state index in [2.05, 4.69) is 67.6 Å². The average Bonchev–Trinajstić information content (AvgIpc) is 2.26. The van der Waals surface area contributed by atoms with Gasteiger partial charge in [-0.1, -0.05) is 62.3 Å². The summed E-state index contributed by atoms with van der Waals surface area (Å²) in [5.41, 5.74) is 0. The lowest BCUT2D eigenvalue weighted by molar-refractivity contribution is -0.00218. The van der Waals surface area contributed by atoms with Crippen LogP contribution in [0.3, 0.4) is 0 Å². The normalized spacial score (nSPS) is 36.8. The summed E-state index contributed by atoms with van der Waals surface area (Å²) >= 11 is 0. The molecule has 0 aliphatic carbocycles. The van der Waals surface area contributed by atoms with Gasteiger partial charge in [-0.25, -0.2) is 0 Å². The van der Waals surface area contributed by atoms with Gasteiger partial charge in [0.25, 0.3) is 0 Å². The average molecular weight is 268 g/mol. The van der Waals surface area contributed by atoms with Crippen LogP contribution in [-0.4, -0.2) is 12.1 Å². The largest absolute Gasteiger partial charge is 0.310 e. The molecule has 1 aliphatic heterocycles. The van der Waals surface area contributed by atoms with Crippen LogP contribution in [0.4, 0.5) is 0 Å². The highest BCUT2D eigenvalue weighted by Crippen LogP contribution is 2.43. The lowest BCUT2D eigenvalue weighted by atomic mass is 9.60. The summed E-state index contributed by atoms with van der Waals surface area (Å²) in [7, 11) is 0. The van der Waals surface area contributed by atoms with Crippen molar-refractivity contribution in [2.45, 2.75) is 74.4 Å². The Morgan fingerprint density at radius 1 is 0.579 bits per heavy atom. The zero-order valence-corrected chi connectivity index (χ0v) is 14.7. The summed E-state index contributed by atoms with van der Waals surface area (Å²) in [6, 6.07) is 1.35. The molecular weight excluding hydrogens is 230 g/mol. The molecule has 0 radical (unpaired) electrons. The van der Waals surface area contributed by atoms with Crippen LogP contribution < -0.4 is 5.32 Å². The van der Waals surface area contributed by atoms with Gasteiger partial charge in [-0.15, -0.1) is 0 Å². The molecule has 1 rings (SSSR count). The Morgan fingerprint density at radius 2 is 1.00 bits per heavy atom. The zero-order chi connectivity index (χ0) is 14.9. The first-order valence-corrected chi connectivity index (χ1v) is 8.44. The van der Waals surface area contributed by atoms with E-state index >= 15 is 0 Å². The summed E-state index contributed by atoms with van der Waals surface area (Å²) in [4.78, 5) is 0. The number of hydrogen-bond acceptors (Lipinski definition) is 1. The standard InChI is InChI=1S/C18H37N/c1-10(2)15-14(9)17(12(5)6)19-18(13(7)8)16(15)11(3)4/h10-19H,1-9H3. The van der Waals surface area contributed by atoms with Gasteiger partial charge in [0.1, 0.15) is 0 Å². The molecule has 1 nitrogen and oxygen atoms in total. The Morgan fingerprint density at radius 3 is 1.32 bits per heavy atom. The molecule has 5 unspecified atom stereocenters. The first-order chi connectivity index (χ1) is 8.68. The minimum Gasteiger partial charge on any atom is -0.310 e. The van der Waals surface area contributed by atoms with E-state index in [0.29, 0.717) is 12.1 Å². The lowest BCUT2D eigenvalue weighted by Gasteiger charge is -2.53. The smallest absolute Gasteiger partial charge is 0.0126 e. The maximum absolute atomic E-state index is 4.02. The van der Waals surface area contributed by atoms with E-state index in [9.17, 15) is 0 Å². The zero-order valence-electron chi connectivity index (χ0n) is 14.7. The Hall–Kier alpha value is -0.0400. The third kappa shape index (κ3) is 3.54. The molecule has 114 valence electrons. The molecule has 1 aliphatic rings. The Bertz CT molecular complexity index is 267. The van der Waals surface area contributed by atoms with Crippen molar-refractivity contribution in [2.75, 3.05) is 0 Å². The van der Waals surface area contributed by atoms with Gasteiger partial charge < -0.3 is 5.32 Å². The SMILES string of the molecule is CC(C)C1NC(C(C)C)C(C(C)C)C(C(C)C)C1C. The van der Waals surface area contributed by atoms with E-state index in [4.69, 9.17) is 0 Å². The predicted molar refractivity (Wildman–Crippen MR) is 86.2 cm³/mol. The van der Waals surface area contributed by atoms with E-state index < -0.39 is 0 Å². The molecule has 0 bridgehead atoms. The molecule has 1 saturated heterocycles. The summed E-state index contributed by atoms with van der Waals surface area (Å²) in [6.45, 7) is 21.7. The molecule has 1 heterocycles. The van der Waals surface area contributed by atoms with Gasteiger partial charge in [0.15, 0.2) is 0 Å². The number of hydrogen-bond donors (Lipinski definition) is 1. The van der Waals surface area contributed by atoms with E-state index in [1.165, 1.54) is 0 Å². The summed E-state index contributed by atoms with van der Waals surface area (Å²) in [6.07, 6.45) is 0. The maximum Gasteiger partial charge on any atom is 0.0126 e. The minimum atomic E-state index is 0.676. The molecule has 5 atom stereocenters. The maximum atomic E-state index is 4.02. The van der Waals surface area contributed by atoms with Crippen molar-refractivity contribution in [1.29, 1.82) is 0 Å². The van der Waals surface area contributed by atoms with Crippen molar-refractivity contribution < 1.29 is 0 Å². The molecule has 1 heteroatoms. The van der Waals surface area contributed by atoms with Crippen LogP contribution in [0, 0.1) is 41.4 Å². The molecule has 1 N–H and O–H groups in total. The molecule has 1 fully saturated rings. The van der Waals surface area contributed by atoms with Gasteiger partial charge in [-0.2, -0.15) is 0 Å². The second-order valence-electron chi connectivity index (χ2n) is 8.21. The monoisotopic (exact) mass is 267 g/mol. The fourth-order valence-electron chi connectivity index (χ4n) is 4.66. The van der Waals surface area contributed by atoms with Crippen LogP contribution in [0.5, 0.6) is 0 Å². The second-order valence-corrected chi connectivity index (χ2v) is 8.21. The molecule has 0 aromatic heterocycles. The highest BCUT2D eigenvalue weighted by molar-refractivity contribution is 4.99. The summed E-state index contributed by atoms with van der Waals surface area (Å²) in [5.74, 6) is 5.44. The van der Waals surface area contributed by atoms with Gasteiger partial charge in [-0.3, -0.25) is 0 Å². The van der Waals surface area contributed by atoms with Gasteiger partial charge in [0.2, 0.25) is 0 Å². The fraction of sp³-hybridized carbons (Fsp3) is 1.00. The van der Waals surface area contributed by atoms with Crippen LogP contribution in [0.15, 0.2) is 0 Å². The first kappa shape index (κ1) is 17.0. The minimum absolute atomic E-state index is 0.676. The summed E-state index contributed by atoms with van der Waals surface area (Å²) in [5, 5.41) is 4.02. The van der Waals surface area contributed by atoms with E-state index in [1.807, 2.05) is 0 Å².